The Hall–Kier alpha value is -0.0800. The van der Waals surface area contributed by atoms with E-state index in [0.717, 1.165) is 12.0 Å². The van der Waals surface area contributed by atoms with Gasteiger partial charge in [0.2, 0.25) is 0 Å². The molecule has 2 heteroatoms. The molecule has 2 saturated carbocycles. The highest BCUT2D eigenvalue weighted by Crippen LogP contribution is 2.67. The molecule has 0 heterocycles. The van der Waals surface area contributed by atoms with Gasteiger partial charge in [0, 0.05) is 12.1 Å². The molecule has 0 aromatic carbocycles. The molecule has 0 aliphatic heterocycles. The molecule has 94 valence electrons. The van der Waals surface area contributed by atoms with E-state index in [4.69, 9.17) is 0 Å². The number of hydrogen-bond acceptors (Lipinski definition) is 2. The summed E-state index contributed by atoms with van der Waals surface area (Å²) in [5.74, 6) is 0.861. The molecular formula is C14H28N2. The molecule has 0 spiro atoms. The van der Waals surface area contributed by atoms with E-state index >= 15 is 0 Å². The lowest BCUT2D eigenvalue weighted by molar-refractivity contribution is 0.0443. The molecule has 0 saturated heterocycles. The first-order valence-corrected chi connectivity index (χ1v) is 6.56. The summed E-state index contributed by atoms with van der Waals surface area (Å²) in [6.07, 6.45) is 2.81. The van der Waals surface area contributed by atoms with Crippen molar-refractivity contribution in [1.82, 2.24) is 9.80 Å². The predicted octanol–water partition coefficient (Wildman–Crippen LogP) is 2.30. The second kappa shape index (κ2) is 3.46. The van der Waals surface area contributed by atoms with Crippen molar-refractivity contribution in [2.24, 2.45) is 16.7 Å². The third-order valence-corrected chi connectivity index (χ3v) is 5.91. The topological polar surface area (TPSA) is 6.48 Å². The van der Waals surface area contributed by atoms with Gasteiger partial charge in [-0.15, -0.1) is 0 Å². The van der Waals surface area contributed by atoms with Gasteiger partial charge in [0.05, 0.1) is 0 Å². The van der Waals surface area contributed by atoms with Gasteiger partial charge in [-0.25, -0.2) is 0 Å². The Kier molecular flexibility index (Phi) is 2.67. The van der Waals surface area contributed by atoms with Crippen LogP contribution in [0.3, 0.4) is 0 Å². The van der Waals surface area contributed by atoms with Crippen LogP contribution in [0.1, 0.15) is 33.6 Å². The van der Waals surface area contributed by atoms with E-state index in [0.29, 0.717) is 16.9 Å². The fourth-order valence-corrected chi connectivity index (χ4v) is 4.80. The Bertz CT molecular complexity index is 282. The Morgan fingerprint density at radius 1 is 0.938 bits per heavy atom. The zero-order valence-corrected chi connectivity index (χ0v) is 12.0. The first-order valence-electron chi connectivity index (χ1n) is 6.56. The molecule has 0 amide bonds. The molecule has 2 bridgehead atoms. The van der Waals surface area contributed by atoms with Crippen LogP contribution < -0.4 is 0 Å². The van der Waals surface area contributed by atoms with E-state index in [1.807, 2.05) is 0 Å². The van der Waals surface area contributed by atoms with Crippen molar-refractivity contribution < 1.29 is 0 Å². The van der Waals surface area contributed by atoms with Crippen molar-refractivity contribution in [1.29, 1.82) is 0 Å². The maximum Gasteiger partial charge on any atom is 0.0307 e. The number of rotatable bonds is 2. The van der Waals surface area contributed by atoms with Crippen LogP contribution in [0.5, 0.6) is 0 Å². The maximum absolute atomic E-state index is 2.52. The fourth-order valence-electron chi connectivity index (χ4n) is 4.80. The van der Waals surface area contributed by atoms with Gasteiger partial charge in [0.1, 0.15) is 0 Å². The van der Waals surface area contributed by atoms with Crippen molar-refractivity contribution in [3.05, 3.63) is 0 Å². The first kappa shape index (κ1) is 12.4. The number of nitrogens with zero attached hydrogens (tertiary/aromatic N) is 2. The minimum absolute atomic E-state index is 0.482. The van der Waals surface area contributed by atoms with Crippen LogP contribution in [-0.2, 0) is 0 Å². The summed E-state index contributed by atoms with van der Waals surface area (Å²) < 4.78 is 0. The molecule has 16 heavy (non-hydrogen) atoms. The minimum atomic E-state index is 0.482. The van der Waals surface area contributed by atoms with Crippen LogP contribution >= 0.6 is 0 Å². The number of likely N-dealkylation sites (N-methyl/N-ethyl adjacent to an activating group) is 2. The summed E-state index contributed by atoms with van der Waals surface area (Å²) >= 11 is 0. The Morgan fingerprint density at radius 3 is 1.88 bits per heavy atom. The van der Waals surface area contributed by atoms with Gasteiger partial charge in [0.25, 0.3) is 0 Å². The molecule has 0 radical (unpaired) electrons. The van der Waals surface area contributed by atoms with Gasteiger partial charge in [0.15, 0.2) is 0 Å². The quantitative estimate of drug-likeness (QED) is 0.710. The maximum atomic E-state index is 2.52. The first-order chi connectivity index (χ1) is 7.23. The van der Waals surface area contributed by atoms with E-state index < -0.39 is 0 Å². The minimum Gasteiger partial charge on any atom is -0.305 e. The van der Waals surface area contributed by atoms with Crippen molar-refractivity contribution in [2.75, 3.05) is 28.2 Å². The van der Waals surface area contributed by atoms with Crippen LogP contribution in [-0.4, -0.2) is 50.1 Å². The van der Waals surface area contributed by atoms with Crippen molar-refractivity contribution >= 4 is 0 Å². The zero-order chi connectivity index (χ0) is 12.3. The fraction of sp³-hybridized carbons (Fsp3) is 1.00. The molecule has 0 unspecified atom stereocenters. The van der Waals surface area contributed by atoms with E-state index in [1.54, 1.807) is 0 Å². The Labute approximate surface area is 101 Å². The second-order valence-electron chi connectivity index (χ2n) is 7.15. The van der Waals surface area contributed by atoms with Crippen molar-refractivity contribution in [2.45, 2.75) is 45.7 Å². The third kappa shape index (κ3) is 1.26. The lowest BCUT2D eigenvalue weighted by Gasteiger charge is -2.45. The predicted molar refractivity (Wildman–Crippen MR) is 69.6 cm³/mol. The lowest BCUT2D eigenvalue weighted by Crippen LogP contribution is -2.53. The summed E-state index contributed by atoms with van der Waals surface area (Å²) in [4.78, 5) is 4.92. The molecule has 2 aliphatic carbocycles. The van der Waals surface area contributed by atoms with Crippen molar-refractivity contribution in [3.63, 3.8) is 0 Å². The average molecular weight is 224 g/mol. The summed E-state index contributed by atoms with van der Waals surface area (Å²) in [5.41, 5.74) is 0.965. The van der Waals surface area contributed by atoms with E-state index in [9.17, 15) is 0 Å². The van der Waals surface area contributed by atoms with Crippen LogP contribution in [0.25, 0.3) is 0 Å². The molecule has 2 aliphatic rings. The van der Waals surface area contributed by atoms with Gasteiger partial charge in [-0.2, -0.15) is 0 Å². The van der Waals surface area contributed by atoms with Crippen LogP contribution in [0.15, 0.2) is 0 Å². The number of hydrogen-bond donors (Lipinski definition) is 0. The number of fused-ring (bicyclic) bond motifs is 2. The van der Waals surface area contributed by atoms with Gasteiger partial charge in [-0.05, 0) is 57.8 Å². The van der Waals surface area contributed by atoms with E-state index in [1.165, 1.54) is 12.8 Å². The molecule has 4 atom stereocenters. The summed E-state index contributed by atoms with van der Waals surface area (Å²) in [7, 11) is 9.01. The monoisotopic (exact) mass is 224 g/mol. The molecule has 0 aromatic rings. The van der Waals surface area contributed by atoms with E-state index in [-0.39, 0.29) is 0 Å². The molecule has 0 aromatic heterocycles. The second-order valence-corrected chi connectivity index (χ2v) is 7.15. The highest BCUT2D eigenvalue weighted by Gasteiger charge is 2.66. The van der Waals surface area contributed by atoms with Crippen LogP contribution in [0.2, 0.25) is 0 Å². The summed E-state index contributed by atoms with van der Waals surface area (Å²) in [6, 6.07) is 1.43. The molecular weight excluding hydrogens is 196 g/mol. The highest BCUT2D eigenvalue weighted by molar-refractivity contribution is 5.19. The van der Waals surface area contributed by atoms with Crippen LogP contribution in [0, 0.1) is 16.7 Å². The van der Waals surface area contributed by atoms with Gasteiger partial charge < -0.3 is 9.80 Å². The standard InChI is InChI=1S/C14H28N2/c1-13(2)10-8-9-14(13,3)12(16(6)7)11(10)15(4)5/h10-12H,8-9H2,1-7H3/t10-,11-,12-,14-/m1/s1. The lowest BCUT2D eigenvalue weighted by atomic mass is 9.69. The highest BCUT2D eigenvalue weighted by atomic mass is 15.2. The Morgan fingerprint density at radius 2 is 1.50 bits per heavy atom. The van der Waals surface area contributed by atoms with Crippen LogP contribution in [0.4, 0.5) is 0 Å². The normalized spacial score (nSPS) is 45.9. The average Bonchev–Trinajstić information content (AvgIpc) is 2.45. The molecule has 0 N–H and O–H groups in total. The molecule has 2 fully saturated rings. The van der Waals surface area contributed by atoms with Gasteiger partial charge >= 0.3 is 0 Å². The SMILES string of the molecule is CN(C)[C@@H]1[C@H]2CC[C@](C)([C@@H]1N(C)C)C2(C)C. The van der Waals surface area contributed by atoms with Crippen molar-refractivity contribution in [3.8, 4) is 0 Å². The molecule has 2 nitrogen and oxygen atoms in total. The smallest absolute Gasteiger partial charge is 0.0307 e. The zero-order valence-electron chi connectivity index (χ0n) is 12.0. The summed E-state index contributed by atoms with van der Waals surface area (Å²) in [6.45, 7) is 7.50. The third-order valence-electron chi connectivity index (χ3n) is 5.91. The van der Waals surface area contributed by atoms with Gasteiger partial charge in [-0.3, -0.25) is 0 Å². The van der Waals surface area contributed by atoms with E-state index in [2.05, 4.69) is 58.8 Å². The van der Waals surface area contributed by atoms with Gasteiger partial charge in [-0.1, -0.05) is 20.8 Å². The summed E-state index contributed by atoms with van der Waals surface area (Å²) in [5, 5.41) is 0. The Balaban J connectivity index is 2.44. The largest absolute Gasteiger partial charge is 0.305 e. The molecule has 2 rings (SSSR count).